The molecule has 0 aromatic heterocycles. The number of hydrogen-bond donors (Lipinski definition) is 10. The van der Waals surface area contributed by atoms with Gasteiger partial charge in [-0.25, -0.2) is 0 Å². The van der Waals surface area contributed by atoms with Crippen molar-refractivity contribution in [2.75, 3.05) is 6.54 Å². The molecule has 1 rings (SSSR count). The number of rotatable bonds is 31. The summed E-state index contributed by atoms with van der Waals surface area (Å²) in [7, 11) is 0. The van der Waals surface area contributed by atoms with E-state index in [2.05, 4.69) is 31.9 Å². The first-order valence-corrected chi connectivity index (χ1v) is 22.8. The zero-order chi connectivity index (χ0) is 53.5. The molecule has 21 nitrogen and oxygen atoms in total. The first-order valence-electron chi connectivity index (χ1n) is 22.8. The van der Waals surface area contributed by atoms with Crippen molar-refractivity contribution >= 4 is 65.0 Å². The Kier molecular flexibility index (Phi) is 25.8. The van der Waals surface area contributed by atoms with Crippen LogP contribution < -0.4 is 37.2 Å². The summed E-state index contributed by atoms with van der Waals surface area (Å²) in [5, 5.41) is 43.8. The lowest BCUT2D eigenvalue weighted by molar-refractivity contribution is -0.154. The summed E-state index contributed by atoms with van der Waals surface area (Å²) in [5.74, 6) is -14.4. The Hall–Kier alpha value is -6.62. The molecule has 6 atom stereocenters. The Morgan fingerprint density at radius 1 is 0.614 bits per heavy atom. The number of halogens is 3. The highest BCUT2D eigenvalue weighted by molar-refractivity contribution is 6.38. The molecule has 70 heavy (non-hydrogen) atoms. The maximum Gasteiger partial charge on any atom is 0.391 e. The van der Waals surface area contributed by atoms with Crippen LogP contribution in [0, 0.1) is 18.3 Å². The van der Waals surface area contributed by atoms with Gasteiger partial charge in [-0.15, -0.1) is 0 Å². The van der Waals surface area contributed by atoms with Gasteiger partial charge in [0.2, 0.25) is 41.2 Å². The molecule has 0 radical (unpaired) electrons. The van der Waals surface area contributed by atoms with Crippen LogP contribution in [0.2, 0.25) is 0 Å². The standard InChI is InChI=1S/C46H68F3N7O14/c1-8-9-10-13-20-50-43(69)37(64)32(24-46(47,48)49)55-40(66)29(21-25(2)3)54-44(70)38(45(5,6)7)56-42(68)30(22-27-15-12-11-14-26(27)4)53-39(65)28(16-18-34(58)59)52-41(67)31(23-36(62)63)51-33(57)17-19-35(60)61/h11-12,14-15,25,28-32,38H,8-10,13,16-24H2,1-7H3,(H,50,69)(H,51,57)(H,52,67)(H,53,65)(H,54,70)(H,55,66)(H,56,68)(H,58,59)(H,60,61)(H,62,63)/t28-,29-,30-,31-,32-,38+/m0/s1. The Morgan fingerprint density at radius 3 is 1.70 bits per heavy atom. The second kappa shape index (κ2) is 29.4. The van der Waals surface area contributed by atoms with Crippen LogP contribution in [0.15, 0.2) is 24.3 Å². The van der Waals surface area contributed by atoms with Gasteiger partial charge in [0.1, 0.15) is 36.3 Å². The van der Waals surface area contributed by atoms with E-state index in [1.165, 1.54) is 20.8 Å². The summed E-state index contributed by atoms with van der Waals surface area (Å²) in [6, 6.07) is -4.16. The summed E-state index contributed by atoms with van der Waals surface area (Å²) in [5.41, 5.74) is -0.0654. The Morgan fingerprint density at radius 2 is 1.16 bits per heavy atom. The number of carboxylic acid groups (broad SMARTS) is 3. The minimum atomic E-state index is -5.01. The molecular weight excluding hydrogens is 932 g/mol. The average Bonchev–Trinajstić information content (AvgIpc) is 3.23. The van der Waals surface area contributed by atoms with Crippen LogP contribution in [0.1, 0.15) is 123 Å². The molecular formula is C46H68F3N7O14. The predicted octanol–water partition coefficient (Wildman–Crippen LogP) is 1.96. The SMILES string of the molecule is CCCCCCNC(=O)C(=O)[C@H](CC(F)(F)F)NC(=O)[C@H](CC(C)C)NC(=O)[C@@H](NC(=O)[C@H](Cc1ccccc1C)NC(=O)[C@H](CCC(=O)O)NC(=O)[C@H](CC(=O)O)NC(=O)CCC(=O)O)C(C)(C)C. The molecule has 1 aromatic rings. The highest BCUT2D eigenvalue weighted by Crippen LogP contribution is 2.24. The molecule has 10 N–H and O–H groups in total. The van der Waals surface area contributed by atoms with Crippen LogP contribution in [0.25, 0.3) is 0 Å². The van der Waals surface area contributed by atoms with Crippen molar-refractivity contribution in [1.29, 1.82) is 0 Å². The van der Waals surface area contributed by atoms with E-state index >= 15 is 0 Å². The normalized spacial score (nSPS) is 14.0. The Balaban J connectivity index is 3.60. The summed E-state index contributed by atoms with van der Waals surface area (Å²) < 4.78 is 41.2. The number of carboxylic acids is 3. The van der Waals surface area contributed by atoms with Crippen molar-refractivity contribution in [2.45, 2.75) is 168 Å². The van der Waals surface area contributed by atoms with Crippen molar-refractivity contribution in [3.63, 3.8) is 0 Å². The van der Waals surface area contributed by atoms with Crippen LogP contribution in [0.4, 0.5) is 13.2 Å². The summed E-state index contributed by atoms with van der Waals surface area (Å²) in [6.07, 6.45) is -8.22. The highest BCUT2D eigenvalue weighted by Gasteiger charge is 2.41. The number of ketones is 1. The number of benzene rings is 1. The summed E-state index contributed by atoms with van der Waals surface area (Å²) in [4.78, 5) is 142. The van der Waals surface area contributed by atoms with E-state index in [0.717, 1.165) is 12.8 Å². The molecule has 0 aliphatic rings. The van der Waals surface area contributed by atoms with Gasteiger partial charge in [0.25, 0.3) is 5.91 Å². The zero-order valence-electron chi connectivity index (χ0n) is 40.5. The van der Waals surface area contributed by atoms with Gasteiger partial charge in [0, 0.05) is 25.8 Å². The number of aliphatic carboxylic acids is 3. The van der Waals surface area contributed by atoms with Gasteiger partial charge in [-0.2, -0.15) is 13.2 Å². The minimum Gasteiger partial charge on any atom is -0.481 e. The third kappa shape index (κ3) is 24.1. The lowest BCUT2D eigenvalue weighted by atomic mass is 9.85. The van der Waals surface area contributed by atoms with E-state index in [9.17, 15) is 76.1 Å². The van der Waals surface area contributed by atoms with Crippen LogP contribution in [-0.4, -0.2) is 129 Å². The number of alkyl halides is 3. The molecule has 0 bridgehead atoms. The summed E-state index contributed by atoms with van der Waals surface area (Å²) >= 11 is 0. The van der Waals surface area contributed by atoms with Gasteiger partial charge in [0.15, 0.2) is 0 Å². The number of unbranched alkanes of at least 4 members (excludes halogenated alkanes) is 3. The van der Waals surface area contributed by atoms with E-state index in [4.69, 9.17) is 5.11 Å². The fraction of sp³-hybridized carbons (Fsp3) is 0.630. The maximum absolute atomic E-state index is 14.4. The summed E-state index contributed by atoms with van der Waals surface area (Å²) in [6.45, 7) is 11.5. The van der Waals surface area contributed by atoms with Crippen molar-refractivity contribution in [2.24, 2.45) is 11.3 Å². The number of aryl methyl sites for hydroxylation is 1. The van der Waals surface area contributed by atoms with Gasteiger partial charge in [-0.1, -0.05) is 85.1 Å². The van der Waals surface area contributed by atoms with Gasteiger partial charge in [-0.3, -0.25) is 52.7 Å². The molecule has 0 saturated carbocycles. The van der Waals surface area contributed by atoms with Crippen LogP contribution in [0.3, 0.4) is 0 Å². The topological polar surface area (TPSA) is 333 Å². The zero-order valence-corrected chi connectivity index (χ0v) is 40.5. The first-order chi connectivity index (χ1) is 32.4. The predicted molar refractivity (Wildman–Crippen MR) is 244 cm³/mol. The number of carbonyl (C=O) groups is 11. The number of amides is 7. The van der Waals surface area contributed by atoms with E-state index in [1.54, 1.807) is 45.0 Å². The lowest BCUT2D eigenvalue weighted by Gasteiger charge is -2.34. The third-order valence-electron chi connectivity index (χ3n) is 10.6. The van der Waals surface area contributed by atoms with Gasteiger partial charge in [-0.05, 0) is 48.6 Å². The van der Waals surface area contributed by atoms with Gasteiger partial charge in [0.05, 0.1) is 19.3 Å². The molecule has 0 heterocycles. The number of hydrogen-bond acceptors (Lipinski definition) is 11. The van der Waals surface area contributed by atoms with Crippen molar-refractivity contribution < 1.29 is 81.2 Å². The molecule has 0 spiro atoms. The highest BCUT2D eigenvalue weighted by atomic mass is 19.4. The van der Waals surface area contributed by atoms with E-state index < -0.39 is 157 Å². The van der Waals surface area contributed by atoms with E-state index in [1.807, 2.05) is 12.2 Å². The Labute approximate surface area is 404 Å². The molecule has 7 amide bonds. The number of carbonyl (C=O) groups excluding carboxylic acids is 8. The van der Waals surface area contributed by atoms with E-state index in [0.29, 0.717) is 24.0 Å². The van der Waals surface area contributed by atoms with Crippen molar-refractivity contribution in [1.82, 2.24) is 37.2 Å². The average molecular weight is 1000 g/mol. The molecule has 0 unspecified atom stereocenters. The van der Waals surface area contributed by atoms with Crippen molar-refractivity contribution in [3.8, 4) is 0 Å². The van der Waals surface area contributed by atoms with Gasteiger partial charge < -0.3 is 52.5 Å². The molecule has 24 heteroatoms. The monoisotopic (exact) mass is 999 g/mol. The largest absolute Gasteiger partial charge is 0.481 e. The van der Waals surface area contributed by atoms with Crippen LogP contribution >= 0.6 is 0 Å². The number of nitrogens with one attached hydrogen (secondary N) is 7. The molecule has 0 aliphatic heterocycles. The molecule has 0 fully saturated rings. The maximum atomic E-state index is 14.4. The third-order valence-corrected chi connectivity index (χ3v) is 10.6. The second-order valence-electron chi connectivity index (χ2n) is 18.4. The van der Waals surface area contributed by atoms with Gasteiger partial charge >= 0.3 is 24.1 Å². The number of Topliss-reactive ketones (excluding diaryl/α,β-unsaturated/α-hetero) is 1. The first kappa shape index (κ1) is 61.4. The molecule has 0 aliphatic carbocycles. The quantitative estimate of drug-likeness (QED) is 0.0376. The fourth-order valence-electron chi connectivity index (χ4n) is 6.81. The fourth-order valence-corrected chi connectivity index (χ4v) is 6.81. The molecule has 0 saturated heterocycles. The molecule has 1 aromatic carbocycles. The Bertz CT molecular complexity index is 2030. The lowest BCUT2D eigenvalue weighted by Crippen LogP contribution is -2.62. The molecule has 392 valence electrons. The minimum absolute atomic E-state index is 0.00921. The van der Waals surface area contributed by atoms with E-state index in [-0.39, 0.29) is 19.4 Å². The van der Waals surface area contributed by atoms with Crippen molar-refractivity contribution in [3.05, 3.63) is 35.4 Å². The van der Waals surface area contributed by atoms with Crippen LogP contribution in [-0.2, 0) is 59.2 Å². The smallest absolute Gasteiger partial charge is 0.391 e. The second-order valence-corrected chi connectivity index (χ2v) is 18.4. The van der Waals surface area contributed by atoms with Crippen LogP contribution in [0.5, 0.6) is 0 Å².